The Bertz CT molecular complexity index is 1690. The van der Waals surface area contributed by atoms with Crippen molar-refractivity contribution in [3.63, 3.8) is 0 Å². The van der Waals surface area contributed by atoms with Crippen molar-refractivity contribution >= 4 is 41.9 Å². The van der Waals surface area contributed by atoms with E-state index in [1.165, 1.54) is 42.5 Å². The average Bonchev–Trinajstić information content (AvgIpc) is 3.08. The lowest BCUT2D eigenvalue weighted by atomic mass is 10.1. The van der Waals surface area contributed by atoms with Crippen LogP contribution in [0.2, 0.25) is 0 Å². The molecule has 0 radical (unpaired) electrons. The summed E-state index contributed by atoms with van der Waals surface area (Å²) in [7, 11) is 0. The van der Waals surface area contributed by atoms with Crippen LogP contribution in [-0.4, -0.2) is 46.5 Å². The summed E-state index contributed by atoms with van der Waals surface area (Å²) in [5.74, 6) is -2.54. The van der Waals surface area contributed by atoms with Crippen LogP contribution in [-0.2, 0) is 14.4 Å². The molecule has 0 unspecified atom stereocenters. The molecule has 4 aromatic rings. The van der Waals surface area contributed by atoms with Gasteiger partial charge in [-0.3, -0.25) is 10.0 Å². The second-order valence-electron chi connectivity index (χ2n) is 10.9. The number of rotatable bonds is 11. The van der Waals surface area contributed by atoms with Gasteiger partial charge in [-0.25, -0.2) is 19.9 Å². The quantitative estimate of drug-likeness (QED) is 0.0833. The molecular formula is C39H37N2O6+. The van der Waals surface area contributed by atoms with E-state index in [4.69, 9.17) is 9.94 Å². The molecule has 238 valence electrons. The number of benzene rings is 4. The van der Waals surface area contributed by atoms with Crippen molar-refractivity contribution in [2.75, 3.05) is 13.2 Å². The highest BCUT2D eigenvalue weighted by Crippen LogP contribution is 2.20. The summed E-state index contributed by atoms with van der Waals surface area (Å²) in [6.45, 7) is 5.21. The summed E-state index contributed by atoms with van der Waals surface area (Å²) in [6.07, 6.45) is 8.62. The van der Waals surface area contributed by atoms with E-state index in [1.807, 2.05) is 93.6 Å². The third kappa shape index (κ3) is 8.52. The molecule has 0 heterocycles. The predicted octanol–water partition coefficient (Wildman–Crippen LogP) is 6.65. The van der Waals surface area contributed by atoms with Crippen LogP contribution >= 0.6 is 0 Å². The molecule has 2 N–H and O–H groups in total. The lowest BCUT2D eigenvalue weighted by Gasteiger charge is -2.28. The normalized spacial score (nSPS) is 12.7. The summed E-state index contributed by atoms with van der Waals surface area (Å²) in [5.41, 5.74) is 6.86. The van der Waals surface area contributed by atoms with Crippen LogP contribution in [0.1, 0.15) is 43.7 Å². The number of hydrogen-bond acceptors (Lipinski definition) is 6. The maximum atomic E-state index is 14.2. The molecule has 0 spiro atoms. The summed E-state index contributed by atoms with van der Waals surface area (Å²) in [4.78, 5) is 54.4. The molecule has 0 saturated heterocycles. The molecule has 0 fully saturated rings. The minimum atomic E-state index is -1.20. The Labute approximate surface area is 274 Å². The van der Waals surface area contributed by atoms with Crippen LogP contribution in [0.25, 0.3) is 18.2 Å². The molecule has 0 aromatic heterocycles. The average molecular weight is 630 g/mol. The monoisotopic (exact) mass is 629 g/mol. The summed E-state index contributed by atoms with van der Waals surface area (Å²) in [5, 5.41) is 8.89. The van der Waals surface area contributed by atoms with E-state index in [9.17, 15) is 19.2 Å². The Hall–Kier alpha value is -5.70. The van der Waals surface area contributed by atoms with E-state index in [0.717, 1.165) is 33.4 Å². The first-order valence-electron chi connectivity index (χ1n) is 15.1. The van der Waals surface area contributed by atoms with Gasteiger partial charge in [0.2, 0.25) is 0 Å². The third-order valence-electron chi connectivity index (χ3n) is 7.82. The number of nitrogens with zero attached hydrogens (tertiary/aromatic N) is 1. The molecule has 0 aliphatic rings. The SMILES string of the molecule is Cc1ccccc1C=CC(=O)[N+](CCOc1ccc(C(=O)NO)cc1)(C(=O)C=Cc1ccccc1C)C(=O)C=Cc1ccccc1C. The largest absolute Gasteiger partial charge is 0.488 e. The Morgan fingerprint density at radius 1 is 0.617 bits per heavy atom. The van der Waals surface area contributed by atoms with Crippen LogP contribution < -0.4 is 10.2 Å². The Morgan fingerprint density at radius 3 is 1.36 bits per heavy atom. The van der Waals surface area contributed by atoms with E-state index < -0.39 is 28.1 Å². The number of amides is 4. The molecule has 8 heteroatoms. The Morgan fingerprint density at radius 2 is 1.00 bits per heavy atom. The van der Waals surface area contributed by atoms with Crippen molar-refractivity contribution in [2.24, 2.45) is 0 Å². The van der Waals surface area contributed by atoms with E-state index in [-0.39, 0.29) is 18.7 Å². The number of imide groups is 3. The molecular weight excluding hydrogens is 592 g/mol. The number of hydrogen-bond donors (Lipinski definition) is 2. The van der Waals surface area contributed by atoms with E-state index >= 15 is 0 Å². The second-order valence-corrected chi connectivity index (χ2v) is 10.9. The summed E-state index contributed by atoms with van der Waals surface area (Å²) >= 11 is 0. The third-order valence-corrected chi connectivity index (χ3v) is 7.82. The highest BCUT2D eigenvalue weighted by Gasteiger charge is 2.48. The maximum Gasteiger partial charge on any atom is 0.354 e. The molecule has 8 nitrogen and oxygen atoms in total. The predicted molar refractivity (Wildman–Crippen MR) is 182 cm³/mol. The summed E-state index contributed by atoms with van der Waals surface area (Å²) < 4.78 is 4.69. The zero-order valence-corrected chi connectivity index (χ0v) is 26.6. The van der Waals surface area contributed by atoms with E-state index in [1.54, 1.807) is 23.7 Å². The number of aryl methyl sites for hydroxylation is 3. The van der Waals surface area contributed by atoms with Crippen LogP contribution in [0.3, 0.4) is 0 Å². The van der Waals surface area contributed by atoms with Gasteiger partial charge < -0.3 is 4.74 Å². The van der Waals surface area contributed by atoms with Gasteiger partial charge in [0, 0.05) is 23.8 Å². The van der Waals surface area contributed by atoms with Crippen LogP contribution in [0, 0.1) is 20.8 Å². The zero-order chi connectivity index (χ0) is 33.8. The Balaban J connectivity index is 1.76. The molecule has 0 aliphatic heterocycles. The molecule has 4 amide bonds. The maximum absolute atomic E-state index is 14.2. The van der Waals surface area contributed by atoms with E-state index in [2.05, 4.69) is 0 Å². The van der Waals surface area contributed by atoms with Gasteiger partial charge in [-0.15, -0.1) is 4.48 Å². The fourth-order valence-electron chi connectivity index (χ4n) is 4.91. The topological polar surface area (TPSA) is 110 Å². The molecule has 0 saturated carbocycles. The van der Waals surface area contributed by atoms with Crippen molar-refractivity contribution < 1.29 is 33.6 Å². The molecule has 47 heavy (non-hydrogen) atoms. The highest BCUT2D eigenvalue weighted by molar-refractivity contribution is 6.10. The van der Waals surface area contributed by atoms with Crippen molar-refractivity contribution in [2.45, 2.75) is 20.8 Å². The van der Waals surface area contributed by atoms with Gasteiger partial charge in [-0.05, 0) is 96.6 Å². The summed E-state index contributed by atoms with van der Waals surface area (Å²) in [6, 6.07) is 28.3. The van der Waals surface area contributed by atoms with Gasteiger partial charge in [-0.1, -0.05) is 72.8 Å². The number of carbonyl (C=O) groups is 4. The zero-order valence-electron chi connectivity index (χ0n) is 26.6. The van der Waals surface area contributed by atoms with Gasteiger partial charge in [-0.2, -0.15) is 0 Å². The van der Waals surface area contributed by atoms with Gasteiger partial charge in [0.05, 0.1) is 0 Å². The highest BCUT2D eigenvalue weighted by atomic mass is 16.5. The molecule has 4 aromatic carbocycles. The first-order valence-corrected chi connectivity index (χ1v) is 15.1. The number of ether oxygens (including phenoxy) is 1. The molecule has 4 rings (SSSR count). The first kappa shape index (κ1) is 34.2. The van der Waals surface area contributed by atoms with Crippen molar-refractivity contribution in [1.29, 1.82) is 0 Å². The van der Waals surface area contributed by atoms with E-state index in [0.29, 0.717) is 5.75 Å². The minimum absolute atomic E-state index is 0.191. The van der Waals surface area contributed by atoms with Crippen molar-refractivity contribution in [3.05, 3.63) is 154 Å². The Kier molecular flexibility index (Phi) is 11.7. The van der Waals surface area contributed by atoms with Gasteiger partial charge in [0.1, 0.15) is 18.9 Å². The van der Waals surface area contributed by atoms with Crippen LogP contribution in [0.4, 0.5) is 0 Å². The van der Waals surface area contributed by atoms with Crippen LogP contribution in [0.5, 0.6) is 5.75 Å². The molecule has 0 atom stereocenters. The van der Waals surface area contributed by atoms with Crippen molar-refractivity contribution in [1.82, 2.24) is 5.48 Å². The minimum Gasteiger partial charge on any atom is -0.488 e. The fourth-order valence-corrected chi connectivity index (χ4v) is 4.91. The van der Waals surface area contributed by atoms with Crippen molar-refractivity contribution in [3.8, 4) is 5.75 Å². The second kappa shape index (κ2) is 16.0. The number of carbonyl (C=O) groups excluding carboxylic acids is 4. The van der Waals surface area contributed by atoms with Gasteiger partial charge in [0.25, 0.3) is 5.91 Å². The smallest absolute Gasteiger partial charge is 0.354 e. The standard InChI is InChI=1S/C39H36N2O6/c1-28-10-4-7-13-31(28)18-23-36(42)41(37(43)24-19-32-14-8-5-11-29(32)2,38(44)25-20-33-15-9-6-12-30(33)3)26-27-47-35-21-16-34(17-22-35)39(45)40-46/h4-25H,26-27H2,1-3H3,(H-,40,45,46)/p+1. The number of quaternary nitrogens is 1. The van der Waals surface area contributed by atoms with Gasteiger partial charge >= 0.3 is 17.7 Å². The molecule has 0 aliphatic carbocycles. The van der Waals surface area contributed by atoms with Crippen LogP contribution in [0.15, 0.2) is 115 Å². The molecule has 0 bridgehead atoms. The first-order chi connectivity index (χ1) is 22.6. The van der Waals surface area contributed by atoms with Gasteiger partial charge in [0.15, 0.2) is 0 Å². The number of hydroxylamine groups is 1. The lowest BCUT2D eigenvalue weighted by molar-refractivity contribution is -0.694. The lowest BCUT2D eigenvalue weighted by Crippen LogP contribution is -2.61. The number of nitrogens with one attached hydrogen (secondary N) is 1. The fraction of sp³-hybridized carbons (Fsp3) is 0.128.